The largest absolute Gasteiger partial charge is 0.388 e. The van der Waals surface area contributed by atoms with E-state index in [1.54, 1.807) is 12.3 Å². The van der Waals surface area contributed by atoms with E-state index in [1.807, 2.05) is 36.4 Å². The van der Waals surface area contributed by atoms with E-state index in [0.29, 0.717) is 6.42 Å². The number of aliphatic hydroxyl groups excluding tert-OH is 1. The van der Waals surface area contributed by atoms with E-state index in [0.717, 1.165) is 22.0 Å². The molecule has 100 valence electrons. The van der Waals surface area contributed by atoms with Crippen LogP contribution in [-0.4, -0.2) is 10.1 Å². The van der Waals surface area contributed by atoms with Crippen LogP contribution in [0.2, 0.25) is 0 Å². The van der Waals surface area contributed by atoms with Gasteiger partial charge in [0, 0.05) is 18.0 Å². The zero-order valence-electron chi connectivity index (χ0n) is 10.8. The second-order valence-electron chi connectivity index (χ2n) is 4.77. The number of hydrogen-bond acceptors (Lipinski definition) is 2. The van der Waals surface area contributed by atoms with Crippen LogP contribution in [-0.2, 0) is 6.42 Å². The lowest BCUT2D eigenvalue weighted by molar-refractivity contribution is 0.180. The molecular formula is C17H14FNO. The molecule has 2 nitrogen and oxygen atoms in total. The maximum absolute atomic E-state index is 13.2. The highest BCUT2D eigenvalue weighted by Gasteiger charge is 2.12. The zero-order chi connectivity index (χ0) is 13.9. The van der Waals surface area contributed by atoms with Crippen molar-refractivity contribution in [3.63, 3.8) is 0 Å². The molecule has 0 saturated carbocycles. The normalized spacial score (nSPS) is 12.5. The second kappa shape index (κ2) is 5.39. The highest BCUT2D eigenvalue weighted by molar-refractivity contribution is 5.82. The van der Waals surface area contributed by atoms with E-state index < -0.39 is 6.10 Å². The Morgan fingerprint density at radius 3 is 2.75 bits per heavy atom. The van der Waals surface area contributed by atoms with Gasteiger partial charge in [0.25, 0.3) is 0 Å². The van der Waals surface area contributed by atoms with Crippen LogP contribution < -0.4 is 0 Å². The first kappa shape index (κ1) is 12.8. The quantitative estimate of drug-likeness (QED) is 0.785. The lowest BCUT2D eigenvalue weighted by atomic mass is 9.98. The highest BCUT2D eigenvalue weighted by Crippen LogP contribution is 2.25. The Bertz CT molecular complexity index is 736. The Hall–Kier alpha value is -2.26. The molecule has 3 heteroatoms. The van der Waals surface area contributed by atoms with Crippen molar-refractivity contribution >= 4 is 10.9 Å². The summed E-state index contributed by atoms with van der Waals surface area (Å²) in [5.41, 5.74) is 2.45. The molecule has 1 N–H and O–H groups in total. The fourth-order valence-corrected chi connectivity index (χ4v) is 2.41. The molecule has 1 heterocycles. The molecule has 3 aromatic rings. The summed E-state index contributed by atoms with van der Waals surface area (Å²) in [5, 5.41) is 11.3. The van der Waals surface area contributed by atoms with Gasteiger partial charge in [-0.15, -0.1) is 0 Å². The monoisotopic (exact) mass is 267 g/mol. The van der Waals surface area contributed by atoms with E-state index in [9.17, 15) is 9.50 Å². The first-order valence-corrected chi connectivity index (χ1v) is 6.50. The molecule has 0 aliphatic heterocycles. The van der Waals surface area contributed by atoms with Crippen LogP contribution in [0.5, 0.6) is 0 Å². The number of aromatic nitrogens is 1. The first-order valence-electron chi connectivity index (χ1n) is 6.50. The molecule has 0 aliphatic rings. The van der Waals surface area contributed by atoms with Crippen molar-refractivity contribution in [2.24, 2.45) is 0 Å². The average Bonchev–Trinajstić information content (AvgIpc) is 2.46. The van der Waals surface area contributed by atoms with Crippen LogP contribution >= 0.6 is 0 Å². The van der Waals surface area contributed by atoms with Crippen molar-refractivity contribution in [3.05, 3.63) is 77.7 Å². The molecule has 1 atom stereocenters. The SMILES string of the molecule is OC(Cc1cccc(F)c1)c1cccc2ncccc12. The molecule has 1 aromatic heterocycles. The summed E-state index contributed by atoms with van der Waals surface area (Å²) in [7, 11) is 0. The third kappa shape index (κ3) is 2.53. The Morgan fingerprint density at radius 2 is 1.90 bits per heavy atom. The minimum absolute atomic E-state index is 0.283. The molecule has 0 aliphatic carbocycles. The van der Waals surface area contributed by atoms with Crippen molar-refractivity contribution in [1.29, 1.82) is 0 Å². The van der Waals surface area contributed by atoms with Gasteiger partial charge in [-0.1, -0.05) is 30.3 Å². The second-order valence-corrected chi connectivity index (χ2v) is 4.77. The number of fused-ring (bicyclic) bond motifs is 1. The number of nitrogens with zero attached hydrogens (tertiary/aromatic N) is 1. The maximum atomic E-state index is 13.2. The minimum Gasteiger partial charge on any atom is -0.388 e. The van der Waals surface area contributed by atoms with Gasteiger partial charge in [0.15, 0.2) is 0 Å². The molecule has 0 fully saturated rings. The van der Waals surface area contributed by atoms with Crippen LogP contribution in [0.25, 0.3) is 10.9 Å². The number of hydrogen-bond donors (Lipinski definition) is 1. The maximum Gasteiger partial charge on any atom is 0.123 e. The van der Waals surface area contributed by atoms with Gasteiger partial charge in [0.1, 0.15) is 5.82 Å². The summed E-state index contributed by atoms with van der Waals surface area (Å²) >= 11 is 0. The third-order valence-corrected chi connectivity index (χ3v) is 3.36. The predicted molar refractivity (Wildman–Crippen MR) is 76.8 cm³/mol. The van der Waals surface area contributed by atoms with E-state index in [1.165, 1.54) is 12.1 Å². The molecule has 1 unspecified atom stereocenters. The Balaban J connectivity index is 1.94. The molecule has 0 bridgehead atoms. The van der Waals surface area contributed by atoms with E-state index in [-0.39, 0.29) is 5.82 Å². The molecule has 0 amide bonds. The Kier molecular flexibility index (Phi) is 3.44. The van der Waals surface area contributed by atoms with Crippen molar-refractivity contribution in [2.75, 3.05) is 0 Å². The minimum atomic E-state index is -0.676. The number of pyridine rings is 1. The van der Waals surface area contributed by atoms with E-state index in [4.69, 9.17) is 0 Å². The zero-order valence-corrected chi connectivity index (χ0v) is 10.8. The fourth-order valence-electron chi connectivity index (χ4n) is 2.41. The molecule has 0 saturated heterocycles. The molecule has 3 rings (SSSR count). The summed E-state index contributed by atoms with van der Waals surface area (Å²) in [4.78, 5) is 4.27. The van der Waals surface area contributed by atoms with Gasteiger partial charge < -0.3 is 5.11 Å². The lowest BCUT2D eigenvalue weighted by Crippen LogP contribution is -2.03. The summed E-state index contributed by atoms with van der Waals surface area (Å²) < 4.78 is 13.2. The number of halogens is 1. The fraction of sp³-hybridized carbons (Fsp3) is 0.118. The molecule has 0 radical (unpaired) electrons. The Morgan fingerprint density at radius 1 is 1.05 bits per heavy atom. The summed E-state index contributed by atoms with van der Waals surface area (Å²) in [6.07, 6.45) is 1.43. The summed E-state index contributed by atoms with van der Waals surface area (Å²) in [6.45, 7) is 0. The average molecular weight is 267 g/mol. The van der Waals surface area contributed by atoms with Crippen LogP contribution in [0.15, 0.2) is 60.8 Å². The van der Waals surface area contributed by atoms with E-state index in [2.05, 4.69) is 4.98 Å². The van der Waals surface area contributed by atoms with Gasteiger partial charge in [-0.05, 0) is 35.4 Å². The number of aliphatic hydroxyl groups is 1. The van der Waals surface area contributed by atoms with Crippen LogP contribution in [0.3, 0.4) is 0 Å². The number of benzene rings is 2. The van der Waals surface area contributed by atoms with Gasteiger partial charge >= 0.3 is 0 Å². The van der Waals surface area contributed by atoms with Crippen molar-refractivity contribution in [3.8, 4) is 0 Å². The van der Waals surface area contributed by atoms with Gasteiger partial charge in [-0.2, -0.15) is 0 Å². The van der Waals surface area contributed by atoms with Crippen molar-refractivity contribution < 1.29 is 9.50 Å². The molecular weight excluding hydrogens is 253 g/mol. The summed E-state index contributed by atoms with van der Waals surface area (Å²) in [6, 6.07) is 15.8. The Labute approximate surface area is 116 Å². The van der Waals surface area contributed by atoms with E-state index >= 15 is 0 Å². The standard InChI is InChI=1S/C17H14FNO/c18-13-5-1-4-12(10-13)11-17(20)15-6-2-8-16-14(15)7-3-9-19-16/h1-10,17,20H,11H2. The molecule has 20 heavy (non-hydrogen) atoms. The van der Waals surface area contributed by atoms with Gasteiger partial charge in [-0.25, -0.2) is 4.39 Å². The molecule has 2 aromatic carbocycles. The molecule has 0 spiro atoms. The number of rotatable bonds is 3. The summed E-state index contributed by atoms with van der Waals surface area (Å²) in [5.74, 6) is -0.283. The van der Waals surface area contributed by atoms with Gasteiger partial charge in [-0.3, -0.25) is 4.98 Å². The van der Waals surface area contributed by atoms with Crippen molar-refractivity contribution in [2.45, 2.75) is 12.5 Å². The lowest BCUT2D eigenvalue weighted by Gasteiger charge is -2.13. The predicted octanol–water partition coefficient (Wildman–Crippen LogP) is 3.65. The topological polar surface area (TPSA) is 33.1 Å². The van der Waals surface area contributed by atoms with Crippen molar-refractivity contribution in [1.82, 2.24) is 4.98 Å². The van der Waals surface area contributed by atoms with Crippen LogP contribution in [0, 0.1) is 5.82 Å². The van der Waals surface area contributed by atoms with Gasteiger partial charge in [0.2, 0.25) is 0 Å². The van der Waals surface area contributed by atoms with Crippen LogP contribution in [0.4, 0.5) is 4.39 Å². The van der Waals surface area contributed by atoms with Gasteiger partial charge in [0.05, 0.1) is 11.6 Å². The smallest absolute Gasteiger partial charge is 0.123 e. The third-order valence-electron chi connectivity index (χ3n) is 3.36. The first-order chi connectivity index (χ1) is 9.74. The highest BCUT2D eigenvalue weighted by atomic mass is 19.1. The van der Waals surface area contributed by atoms with Crippen LogP contribution in [0.1, 0.15) is 17.2 Å².